The number of rotatable bonds is 2. The molecule has 0 saturated carbocycles. The molecule has 3 rings (SSSR count). The van der Waals surface area contributed by atoms with Crippen LogP contribution < -0.4 is 10.5 Å². The van der Waals surface area contributed by atoms with Crippen molar-refractivity contribution in [2.45, 2.75) is 38.5 Å². The second kappa shape index (κ2) is 5.08. The maximum atomic E-state index is 9.59. The van der Waals surface area contributed by atoms with Crippen LogP contribution in [0.1, 0.15) is 37.4 Å². The highest BCUT2D eigenvalue weighted by atomic mass is 16.5. The Morgan fingerprint density at radius 1 is 1.48 bits per heavy atom. The molecule has 21 heavy (non-hydrogen) atoms. The van der Waals surface area contributed by atoms with Crippen molar-refractivity contribution in [1.82, 2.24) is 15.1 Å². The molecule has 1 aromatic heterocycles. The van der Waals surface area contributed by atoms with Gasteiger partial charge in [-0.05, 0) is 45.8 Å². The minimum atomic E-state index is -0.340. The minimum absolute atomic E-state index is 0.209. The lowest BCUT2D eigenvalue weighted by atomic mass is 9.67. The van der Waals surface area contributed by atoms with Gasteiger partial charge in [-0.3, -0.25) is 5.10 Å². The number of nitrogens with zero attached hydrogens (tertiary/aromatic N) is 3. The molecule has 3 heterocycles. The van der Waals surface area contributed by atoms with Gasteiger partial charge in [0.05, 0.1) is 0 Å². The number of hydrogen-bond donors (Lipinski definition) is 2. The maximum Gasteiger partial charge on any atom is 0.244 e. The first kappa shape index (κ1) is 14.0. The summed E-state index contributed by atoms with van der Waals surface area (Å²) in [6, 6.07) is 2.29. The third-order valence-corrected chi connectivity index (χ3v) is 4.69. The number of aromatic amines is 1. The van der Waals surface area contributed by atoms with Crippen LogP contribution in [0.3, 0.4) is 0 Å². The van der Waals surface area contributed by atoms with Crippen molar-refractivity contribution in [3.63, 3.8) is 0 Å². The fraction of sp³-hybridized carbons (Fsp3) is 0.600. The van der Waals surface area contributed by atoms with Gasteiger partial charge < -0.3 is 15.4 Å². The van der Waals surface area contributed by atoms with Crippen LogP contribution in [-0.4, -0.2) is 34.7 Å². The van der Waals surface area contributed by atoms with E-state index in [1.807, 2.05) is 6.92 Å². The average molecular weight is 287 g/mol. The molecule has 0 bridgehead atoms. The summed E-state index contributed by atoms with van der Waals surface area (Å²) in [4.78, 5) is 2.45. The van der Waals surface area contributed by atoms with E-state index in [9.17, 15) is 5.26 Å². The van der Waals surface area contributed by atoms with E-state index in [-0.39, 0.29) is 11.3 Å². The molecule has 0 amide bonds. The van der Waals surface area contributed by atoms with Crippen molar-refractivity contribution in [2.24, 2.45) is 5.73 Å². The quantitative estimate of drug-likeness (QED) is 0.861. The molecule has 6 heteroatoms. The molecule has 2 aliphatic heterocycles. The van der Waals surface area contributed by atoms with Gasteiger partial charge in [0.15, 0.2) is 0 Å². The zero-order chi connectivity index (χ0) is 15.0. The Morgan fingerprint density at radius 3 is 2.81 bits per heavy atom. The third-order valence-electron chi connectivity index (χ3n) is 4.69. The van der Waals surface area contributed by atoms with Gasteiger partial charge in [-0.15, -0.1) is 5.10 Å². The number of aryl methyl sites for hydroxylation is 1. The van der Waals surface area contributed by atoms with Crippen LogP contribution in [0.15, 0.2) is 11.5 Å². The van der Waals surface area contributed by atoms with Gasteiger partial charge in [0.25, 0.3) is 0 Å². The van der Waals surface area contributed by atoms with E-state index in [1.54, 1.807) is 0 Å². The highest BCUT2D eigenvalue weighted by Gasteiger charge is 2.48. The van der Waals surface area contributed by atoms with Crippen molar-refractivity contribution in [1.29, 1.82) is 5.26 Å². The van der Waals surface area contributed by atoms with Gasteiger partial charge in [-0.25, -0.2) is 0 Å². The fourth-order valence-corrected chi connectivity index (χ4v) is 3.70. The number of nitrogens with one attached hydrogen (secondary N) is 1. The van der Waals surface area contributed by atoms with E-state index in [1.165, 1.54) is 0 Å². The summed E-state index contributed by atoms with van der Waals surface area (Å²) in [6.07, 6.45) is 2.91. The number of ether oxygens (including phenoxy) is 1. The molecule has 0 atom stereocenters. The monoisotopic (exact) mass is 287 g/mol. The molecule has 0 unspecified atom stereocenters. The summed E-state index contributed by atoms with van der Waals surface area (Å²) in [5.74, 6) is 0.744. The first-order valence-electron chi connectivity index (χ1n) is 7.48. The van der Waals surface area contributed by atoms with Gasteiger partial charge in [-0.1, -0.05) is 6.92 Å². The zero-order valence-corrected chi connectivity index (χ0v) is 12.6. The molecule has 1 saturated heterocycles. The molecule has 6 nitrogen and oxygen atoms in total. The highest BCUT2D eigenvalue weighted by molar-refractivity contribution is 5.54. The Hall–Kier alpha value is -2.00. The van der Waals surface area contributed by atoms with Crippen LogP contribution >= 0.6 is 0 Å². The van der Waals surface area contributed by atoms with Crippen LogP contribution in [-0.2, 0) is 5.41 Å². The van der Waals surface area contributed by atoms with Crippen LogP contribution in [0.25, 0.3) is 0 Å². The van der Waals surface area contributed by atoms with Crippen molar-refractivity contribution >= 4 is 0 Å². The van der Waals surface area contributed by atoms with Crippen LogP contribution in [0.2, 0.25) is 0 Å². The third kappa shape index (κ3) is 2.00. The van der Waals surface area contributed by atoms with E-state index in [4.69, 9.17) is 10.5 Å². The number of nitriles is 1. The molecule has 1 fully saturated rings. The Labute approximate surface area is 124 Å². The first-order chi connectivity index (χ1) is 10.1. The Bertz CT molecular complexity index is 616. The summed E-state index contributed by atoms with van der Waals surface area (Å²) in [5.41, 5.74) is 8.19. The molecule has 3 N–H and O–H groups in total. The van der Waals surface area contributed by atoms with Crippen molar-refractivity contribution in [3.05, 3.63) is 22.7 Å². The summed E-state index contributed by atoms with van der Waals surface area (Å²) < 4.78 is 5.54. The largest absolute Gasteiger partial charge is 0.420 e. The lowest BCUT2D eigenvalue weighted by Gasteiger charge is -2.43. The number of H-pyrrole nitrogens is 1. The molecule has 1 spiro atoms. The normalized spacial score (nSPS) is 21.0. The molecule has 0 aromatic carbocycles. The predicted octanol–water partition coefficient (Wildman–Crippen LogP) is 1.55. The van der Waals surface area contributed by atoms with Gasteiger partial charge in [0.2, 0.25) is 11.8 Å². The smallest absolute Gasteiger partial charge is 0.244 e. The van der Waals surface area contributed by atoms with Crippen LogP contribution in [0.4, 0.5) is 0 Å². The molecule has 1 aromatic rings. The van der Waals surface area contributed by atoms with E-state index in [0.717, 1.165) is 50.2 Å². The van der Waals surface area contributed by atoms with E-state index >= 15 is 0 Å². The van der Waals surface area contributed by atoms with Crippen LogP contribution in [0.5, 0.6) is 5.88 Å². The summed E-state index contributed by atoms with van der Waals surface area (Å²) in [7, 11) is 0. The van der Waals surface area contributed by atoms with E-state index in [0.29, 0.717) is 11.5 Å². The molecular formula is C15H21N5O. The van der Waals surface area contributed by atoms with Crippen molar-refractivity contribution < 1.29 is 4.74 Å². The number of fused-ring (bicyclic) bond motifs is 2. The van der Waals surface area contributed by atoms with E-state index in [2.05, 4.69) is 28.1 Å². The number of hydrogen-bond acceptors (Lipinski definition) is 5. The van der Waals surface area contributed by atoms with Gasteiger partial charge in [0.1, 0.15) is 11.6 Å². The topological polar surface area (TPSA) is 91.0 Å². The number of allylic oxidation sites excluding steroid dienone is 1. The minimum Gasteiger partial charge on any atom is -0.420 e. The molecule has 0 aliphatic carbocycles. The Kier molecular flexibility index (Phi) is 3.38. The lowest BCUT2D eigenvalue weighted by Crippen LogP contribution is -2.46. The highest BCUT2D eigenvalue weighted by Crippen LogP contribution is 2.49. The molecule has 0 radical (unpaired) electrons. The second-order valence-electron chi connectivity index (χ2n) is 5.91. The summed E-state index contributed by atoms with van der Waals surface area (Å²) in [5, 5.41) is 16.8. The van der Waals surface area contributed by atoms with E-state index < -0.39 is 0 Å². The number of likely N-dealkylation sites (tertiary alicyclic amines) is 1. The van der Waals surface area contributed by atoms with Crippen molar-refractivity contribution in [2.75, 3.05) is 19.6 Å². The second-order valence-corrected chi connectivity index (χ2v) is 5.91. The molecule has 2 aliphatic rings. The Morgan fingerprint density at radius 2 is 2.19 bits per heavy atom. The van der Waals surface area contributed by atoms with Gasteiger partial charge in [-0.2, -0.15) is 5.26 Å². The zero-order valence-electron chi connectivity index (χ0n) is 12.6. The number of piperidine rings is 1. The maximum absolute atomic E-state index is 9.59. The SMILES string of the molecule is CCCN1CCC2(CC1)C(C#N)=C(N)Oc1n[nH]c(C)c12. The van der Waals surface area contributed by atoms with Crippen molar-refractivity contribution in [3.8, 4) is 11.9 Å². The molecule has 112 valence electrons. The van der Waals surface area contributed by atoms with Crippen LogP contribution in [0, 0.1) is 18.3 Å². The summed E-state index contributed by atoms with van der Waals surface area (Å²) >= 11 is 0. The fourth-order valence-electron chi connectivity index (χ4n) is 3.70. The number of nitrogens with two attached hydrogens (primary N) is 1. The predicted molar refractivity (Wildman–Crippen MR) is 78.4 cm³/mol. The Balaban J connectivity index is 2.03. The first-order valence-corrected chi connectivity index (χ1v) is 7.48. The molecular weight excluding hydrogens is 266 g/mol. The number of aromatic nitrogens is 2. The standard InChI is InChI=1S/C15H21N5O/c1-3-6-20-7-4-15(5-8-20)11(9-16)13(17)21-14-12(15)10(2)18-19-14/h3-8,17H2,1-2H3,(H,18,19). The summed E-state index contributed by atoms with van der Waals surface area (Å²) in [6.45, 7) is 7.21. The average Bonchev–Trinajstić information content (AvgIpc) is 2.84. The lowest BCUT2D eigenvalue weighted by molar-refractivity contribution is 0.168. The van der Waals surface area contributed by atoms with Gasteiger partial charge >= 0.3 is 0 Å². The van der Waals surface area contributed by atoms with Gasteiger partial charge in [0, 0.05) is 16.7 Å².